The molecular weight excluding hydrogens is 258 g/mol. The summed E-state index contributed by atoms with van der Waals surface area (Å²) in [6.45, 7) is 0.476. The normalized spacial score (nSPS) is 24.9. The monoisotopic (exact) mass is 277 g/mol. The SMILES string of the molecule is O=C=NCCCCCC1(N=C=O)CCCCC1N=C=O. The molecule has 20 heavy (non-hydrogen) atoms. The first-order valence-corrected chi connectivity index (χ1v) is 6.99. The van der Waals surface area contributed by atoms with Crippen molar-refractivity contribution < 1.29 is 14.4 Å². The van der Waals surface area contributed by atoms with E-state index in [1.165, 1.54) is 6.08 Å². The molecule has 1 aliphatic rings. The Bertz CT molecular complexity index is 447. The fraction of sp³-hybridized carbons (Fsp3) is 0.786. The summed E-state index contributed by atoms with van der Waals surface area (Å²) in [5.74, 6) is 0. The van der Waals surface area contributed by atoms with Crippen LogP contribution < -0.4 is 0 Å². The molecule has 1 aliphatic carbocycles. The Kier molecular flexibility index (Phi) is 7.38. The van der Waals surface area contributed by atoms with E-state index in [0.29, 0.717) is 13.0 Å². The van der Waals surface area contributed by atoms with Crippen molar-refractivity contribution >= 4 is 18.2 Å². The van der Waals surface area contributed by atoms with Gasteiger partial charge in [0.05, 0.1) is 18.1 Å². The molecule has 2 atom stereocenters. The minimum absolute atomic E-state index is 0.261. The molecule has 0 heterocycles. The second kappa shape index (κ2) is 9.11. The Morgan fingerprint density at radius 1 is 1.00 bits per heavy atom. The molecule has 6 heteroatoms. The summed E-state index contributed by atoms with van der Waals surface area (Å²) in [5.41, 5.74) is -0.592. The molecule has 108 valence electrons. The van der Waals surface area contributed by atoms with Crippen LogP contribution >= 0.6 is 0 Å². The molecule has 6 nitrogen and oxygen atoms in total. The lowest BCUT2D eigenvalue weighted by Crippen LogP contribution is -2.42. The number of unbranched alkanes of at least 4 members (excludes halogenated alkanes) is 2. The zero-order chi connectivity index (χ0) is 14.7. The number of isocyanates is 3. The maximum Gasteiger partial charge on any atom is 0.235 e. The van der Waals surface area contributed by atoms with Crippen LogP contribution in [0.3, 0.4) is 0 Å². The average Bonchev–Trinajstić information content (AvgIpc) is 2.46. The van der Waals surface area contributed by atoms with E-state index < -0.39 is 5.54 Å². The van der Waals surface area contributed by atoms with Crippen molar-refractivity contribution in [3.8, 4) is 0 Å². The summed E-state index contributed by atoms with van der Waals surface area (Å²) < 4.78 is 0. The number of hydrogen-bond acceptors (Lipinski definition) is 6. The van der Waals surface area contributed by atoms with E-state index in [1.54, 1.807) is 12.2 Å². The van der Waals surface area contributed by atoms with E-state index in [1.807, 2.05) is 0 Å². The van der Waals surface area contributed by atoms with Gasteiger partial charge in [0.25, 0.3) is 0 Å². The lowest BCUT2D eigenvalue weighted by molar-refractivity contribution is 0.234. The number of aliphatic imine (C=N–C) groups is 3. The number of rotatable bonds is 8. The van der Waals surface area contributed by atoms with Gasteiger partial charge in [0, 0.05) is 0 Å². The third kappa shape index (κ3) is 4.67. The van der Waals surface area contributed by atoms with Crippen molar-refractivity contribution in [1.29, 1.82) is 0 Å². The lowest BCUT2D eigenvalue weighted by Gasteiger charge is -2.37. The first-order valence-electron chi connectivity index (χ1n) is 6.99. The Morgan fingerprint density at radius 2 is 1.85 bits per heavy atom. The van der Waals surface area contributed by atoms with Gasteiger partial charge < -0.3 is 0 Å². The lowest BCUT2D eigenvalue weighted by atomic mass is 9.75. The summed E-state index contributed by atoms with van der Waals surface area (Å²) in [4.78, 5) is 42.5. The van der Waals surface area contributed by atoms with Gasteiger partial charge in [0.2, 0.25) is 18.2 Å². The Balaban J connectivity index is 2.62. The highest BCUT2D eigenvalue weighted by molar-refractivity contribution is 5.38. The third-order valence-electron chi connectivity index (χ3n) is 3.88. The largest absolute Gasteiger partial charge is 0.235 e. The van der Waals surface area contributed by atoms with E-state index >= 15 is 0 Å². The van der Waals surface area contributed by atoms with Gasteiger partial charge in [-0.25, -0.2) is 19.4 Å². The fourth-order valence-corrected chi connectivity index (χ4v) is 2.87. The summed E-state index contributed by atoms with van der Waals surface area (Å²) in [6.07, 6.45) is 11.5. The molecule has 0 bridgehead atoms. The molecule has 1 rings (SSSR count). The first-order chi connectivity index (χ1) is 9.79. The Labute approximate surface area is 118 Å². The fourth-order valence-electron chi connectivity index (χ4n) is 2.87. The summed E-state index contributed by atoms with van der Waals surface area (Å²) in [5, 5.41) is 0. The smallest absolute Gasteiger partial charge is 0.211 e. The van der Waals surface area contributed by atoms with Gasteiger partial charge in [0.1, 0.15) is 0 Å². The summed E-state index contributed by atoms with van der Waals surface area (Å²) in [6, 6.07) is -0.261. The Morgan fingerprint density at radius 3 is 2.55 bits per heavy atom. The number of nitrogens with zero attached hydrogens (tertiary/aromatic N) is 3. The molecule has 0 aliphatic heterocycles. The Hall–Kier alpha value is -1.86. The van der Waals surface area contributed by atoms with Crippen LogP contribution in [0.25, 0.3) is 0 Å². The maximum absolute atomic E-state index is 10.7. The molecule has 0 aromatic heterocycles. The number of carbonyl (C=O) groups excluding carboxylic acids is 3. The molecule has 0 aromatic carbocycles. The van der Waals surface area contributed by atoms with Crippen LogP contribution in [0.15, 0.2) is 15.0 Å². The van der Waals surface area contributed by atoms with Crippen molar-refractivity contribution in [2.75, 3.05) is 6.54 Å². The van der Waals surface area contributed by atoms with E-state index in [0.717, 1.165) is 44.9 Å². The van der Waals surface area contributed by atoms with Crippen LogP contribution in [-0.4, -0.2) is 36.4 Å². The van der Waals surface area contributed by atoms with Crippen LogP contribution in [0, 0.1) is 0 Å². The molecule has 2 unspecified atom stereocenters. The van der Waals surface area contributed by atoms with Crippen LogP contribution in [0.2, 0.25) is 0 Å². The molecule has 0 saturated heterocycles. The molecule has 0 aromatic rings. The molecule has 0 N–H and O–H groups in total. The molecule has 1 saturated carbocycles. The van der Waals surface area contributed by atoms with Crippen LogP contribution in [0.1, 0.15) is 51.4 Å². The van der Waals surface area contributed by atoms with Gasteiger partial charge in [-0.15, -0.1) is 0 Å². The van der Waals surface area contributed by atoms with E-state index in [4.69, 9.17) is 0 Å². The predicted molar refractivity (Wildman–Crippen MR) is 72.7 cm³/mol. The highest BCUT2D eigenvalue weighted by Crippen LogP contribution is 2.38. The number of hydrogen-bond donors (Lipinski definition) is 0. The van der Waals surface area contributed by atoms with Gasteiger partial charge in [-0.3, -0.25) is 0 Å². The zero-order valence-corrected chi connectivity index (χ0v) is 11.5. The van der Waals surface area contributed by atoms with Gasteiger partial charge in [-0.05, 0) is 25.7 Å². The summed E-state index contributed by atoms with van der Waals surface area (Å²) >= 11 is 0. The summed E-state index contributed by atoms with van der Waals surface area (Å²) in [7, 11) is 0. The maximum atomic E-state index is 10.7. The topological polar surface area (TPSA) is 88.3 Å². The van der Waals surface area contributed by atoms with Crippen molar-refractivity contribution in [1.82, 2.24) is 0 Å². The second-order valence-electron chi connectivity index (χ2n) is 5.07. The molecule has 0 spiro atoms. The van der Waals surface area contributed by atoms with Gasteiger partial charge in [-0.1, -0.05) is 25.7 Å². The zero-order valence-electron chi connectivity index (χ0n) is 11.5. The standard InChI is InChI=1S/C14H19N3O3/c18-10-15-9-5-1-3-7-14(17-12-20)8-4-2-6-13(14)16-11-19/h13H,1-9H2. The van der Waals surface area contributed by atoms with Gasteiger partial charge >= 0.3 is 0 Å². The van der Waals surface area contributed by atoms with Crippen molar-refractivity contribution in [2.24, 2.45) is 15.0 Å². The van der Waals surface area contributed by atoms with Crippen LogP contribution in [-0.2, 0) is 14.4 Å². The quantitative estimate of drug-likeness (QED) is 0.387. The highest BCUT2D eigenvalue weighted by atomic mass is 16.1. The minimum Gasteiger partial charge on any atom is -0.211 e. The molecular formula is C14H19N3O3. The predicted octanol–water partition coefficient (Wildman–Crippen LogP) is 2.24. The van der Waals surface area contributed by atoms with Crippen LogP contribution in [0.5, 0.6) is 0 Å². The van der Waals surface area contributed by atoms with Gasteiger partial charge in [-0.2, -0.15) is 9.98 Å². The van der Waals surface area contributed by atoms with E-state index in [-0.39, 0.29) is 6.04 Å². The van der Waals surface area contributed by atoms with Crippen LogP contribution in [0.4, 0.5) is 0 Å². The minimum atomic E-state index is -0.592. The van der Waals surface area contributed by atoms with Gasteiger partial charge in [0.15, 0.2) is 0 Å². The average molecular weight is 277 g/mol. The van der Waals surface area contributed by atoms with Crippen molar-refractivity contribution in [3.63, 3.8) is 0 Å². The van der Waals surface area contributed by atoms with E-state index in [9.17, 15) is 14.4 Å². The second-order valence-corrected chi connectivity index (χ2v) is 5.07. The first kappa shape index (κ1) is 16.2. The van der Waals surface area contributed by atoms with E-state index in [2.05, 4.69) is 15.0 Å². The third-order valence-corrected chi connectivity index (χ3v) is 3.88. The molecule has 0 amide bonds. The highest BCUT2D eigenvalue weighted by Gasteiger charge is 2.40. The molecule has 1 fully saturated rings. The molecule has 0 radical (unpaired) electrons. The van der Waals surface area contributed by atoms with Crippen molar-refractivity contribution in [3.05, 3.63) is 0 Å². The van der Waals surface area contributed by atoms with Crippen molar-refractivity contribution in [2.45, 2.75) is 62.9 Å².